The molecule has 0 aliphatic heterocycles. The van der Waals surface area contributed by atoms with Gasteiger partial charge < -0.3 is 19.1 Å². The van der Waals surface area contributed by atoms with E-state index in [1.165, 1.54) is 6.08 Å². The Morgan fingerprint density at radius 3 is 2.44 bits per heavy atom. The van der Waals surface area contributed by atoms with Crippen LogP contribution >= 0.6 is 0 Å². The van der Waals surface area contributed by atoms with Gasteiger partial charge in [-0.15, -0.1) is 0 Å². The molecule has 0 atom stereocenters. The summed E-state index contributed by atoms with van der Waals surface area (Å²) in [4.78, 5) is 20.1. The van der Waals surface area contributed by atoms with Crippen LogP contribution in [0.5, 0.6) is 11.5 Å². The van der Waals surface area contributed by atoms with Crippen molar-refractivity contribution < 1.29 is 14.2 Å². The van der Waals surface area contributed by atoms with E-state index in [9.17, 15) is 0 Å². The summed E-state index contributed by atoms with van der Waals surface area (Å²) < 4.78 is 18.5. The Bertz CT molecular complexity index is 1640. The number of nitrogens with zero attached hydrogens (tertiary/aromatic N) is 7. The van der Waals surface area contributed by atoms with Crippen molar-refractivity contribution in [2.24, 2.45) is 17.0 Å². The Morgan fingerprint density at radius 1 is 1.07 bits per heavy atom. The second-order valence-corrected chi connectivity index (χ2v) is 9.16. The fourth-order valence-corrected chi connectivity index (χ4v) is 3.94. The van der Waals surface area contributed by atoms with Crippen LogP contribution in [0.4, 0.5) is 11.4 Å². The summed E-state index contributed by atoms with van der Waals surface area (Å²) in [5, 5.41) is 4.25. The molecule has 0 aliphatic carbocycles. The van der Waals surface area contributed by atoms with Crippen molar-refractivity contribution in [2.45, 2.75) is 20.0 Å². The van der Waals surface area contributed by atoms with E-state index in [4.69, 9.17) is 19.2 Å². The normalized spacial score (nSPS) is 11.7. The van der Waals surface area contributed by atoms with Crippen molar-refractivity contribution in [1.29, 1.82) is 0 Å². The molecule has 0 saturated heterocycles. The Labute approximate surface area is 240 Å². The Balaban J connectivity index is 1.76. The first kappa shape index (κ1) is 28.8. The topological polar surface area (TPSA) is 99.3 Å². The summed E-state index contributed by atoms with van der Waals surface area (Å²) in [6, 6.07) is 11.6. The van der Waals surface area contributed by atoms with Crippen LogP contribution in [0.15, 0.2) is 77.6 Å². The highest BCUT2D eigenvalue weighted by Crippen LogP contribution is 2.34. The number of hydrogen-bond acceptors (Lipinski definition) is 8. The first-order valence-electron chi connectivity index (χ1n) is 12.9. The summed E-state index contributed by atoms with van der Waals surface area (Å²) in [5.41, 5.74) is 4.80. The molecule has 0 fully saturated rings. The first-order chi connectivity index (χ1) is 19.8. The highest BCUT2D eigenvalue weighted by Gasteiger charge is 2.14. The van der Waals surface area contributed by atoms with E-state index in [-0.39, 0.29) is 6.10 Å². The molecule has 0 N–H and O–H groups in total. The van der Waals surface area contributed by atoms with Crippen LogP contribution in [0.3, 0.4) is 0 Å². The van der Waals surface area contributed by atoms with Crippen LogP contribution < -0.4 is 14.4 Å². The lowest BCUT2D eigenvalue weighted by Gasteiger charge is -2.24. The predicted molar refractivity (Wildman–Crippen MR) is 163 cm³/mol. The number of anilines is 2. The second kappa shape index (κ2) is 13.3. The Morgan fingerprint density at radius 2 is 1.83 bits per heavy atom. The van der Waals surface area contributed by atoms with E-state index in [1.54, 1.807) is 38.3 Å². The molecule has 41 heavy (non-hydrogen) atoms. The zero-order valence-electron chi connectivity index (χ0n) is 24.1. The third kappa shape index (κ3) is 7.28. The fraction of sp³-hybridized carbons (Fsp3) is 0.258. The van der Waals surface area contributed by atoms with Crippen molar-refractivity contribution in [1.82, 2.24) is 19.7 Å². The monoisotopic (exact) mass is 551 g/mol. The van der Waals surface area contributed by atoms with Gasteiger partial charge in [0.25, 0.3) is 0 Å². The van der Waals surface area contributed by atoms with Gasteiger partial charge in [0.1, 0.15) is 11.5 Å². The number of benzene rings is 2. The highest BCUT2D eigenvalue weighted by atomic mass is 16.5. The van der Waals surface area contributed by atoms with Gasteiger partial charge in [-0.2, -0.15) is 10.1 Å². The molecule has 10 nitrogen and oxygen atoms in total. The largest absolute Gasteiger partial charge is 0.497 e. The van der Waals surface area contributed by atoms with E-state index in [0.717, 1.165) is 33.7 Å². The van der Waals surface area contributed by atoms with Gasteiger partial charge in [-0.3, -0.25) is 14.7 Å². The van der Waals surface area contributed by atoms with Crippen molar-refractivity contribution in [2.75, 3.05) is 32.7 Å². The molecule has 0 radical (unpaired) electrons. The van der Waals surface area contributed by atoms with Gasteiger partial charge in [0, 0.05) is 55.4 Å². The number of aryl methyl sites for hydroxylation is 1. The van der Waals surface area contributed by atoms with Gasteiger partial charge in [0.05, 0.1) is 56.0 Å². The lowest BCUT2D eigenvalue weighted by molar-refractivity contribution is 0.231. The van der Waals surface area contributed by atoms with Gasteiger partial charge in [-0.1, -0.05) is 12.5 Å². The van der Waals surface area contributed by atoms with E-state index < -0.39 is 0 Å². The average Bonchev–Trinajstić information content (AvgIpc) is 3.43. The highest BCUT2D eigenvalue weighted by molar-refractivity contribution is 6.07. The van der Waals surface area contributed by atoms with Gasteiger partial charge in [0.2, 0.25) is 11.7 Å². The maximum Gasteiger partial charge on any atom is 0.215 e. The molecule has 0 aliphatic rings. The fourth-order valence-electron chi connectivity index (χ4n) is 3.94. The number of ether oxygens (including phenoxy) is 3. The minimum atomic E-state index is -0.0500. The molecule has 0 spiro atoms. The standard InChI is InChI=1S/C31H33N7O3/c1-8-31(41-21(2)3)36-30(32-4)10-9-13-38(24-14-25(39-6)17-26(15-24)40-7)23-11-12-27-28(16-23)35-29(19-33-27)22-18-34-37(5)20-22/h8,11-12,14-21H,1,13H2,2-7H3. The van der Waals surface area contributed by atoms with E-state index in [0.29, 0.717) is 29.8 Å². The van der Waals surface area contributed by atoms with Gasteiger partial charge >= 0.3 is 0 Å². The molecule has 10 heteroatoms. The summed E-state index contributed by atoms with van der Waals surface area (Å²) in [5.74, 6) is 8.24. The van der Waals surface area contributed by atoms with E-state index in [2.05, 4.69) is 38.5 Å². The molecule has 0 unspecified atom stereocenters. The van der Waals surface area contributed by atoms with Crippen molar-refractivity contribution >= 4 is 34.1 Å². The lowest BCUT2D eigenvalue weighted by Crippen LogP contribution is -2.18. The predicted octanol–water partition coefficient (Wildman–Crippen LogP) is 5.23. The van der Waals surface area contributed by atoms with Crippen LogP contribution in [0.25, 0.3) is 22.3 Å². The van der Waals surface area contributed by atoms with Crippen molar-refractivity contribution in [3.05, 3.63) is 67.6 Å². The third-order valence-electron chi connectivity index (χ3n) is 5.88. The minimum Gasteiger partial charge on any atom is -0.497 e. The molecule has 0 saturated carbocycles. The van der Waals surface area contributed by atoms with Crippen molar-refractivity contribution in [3.8, 4) is 34.6 Å². The molecule has 210 valence electrons. The smallest absolute Gasteiger partial charge is 0.215 e. The lowest BCUT2D eigenvalue weighted by atomic mass is 10.2. The molecular weight excluding hydrogens is 518 g/mol. The third-order valence-corrected chi connectivity index (χ3v) is 5.88. The zero-order valence-corrected chi connectivity index (χ0v) is 24.1. The molecule has 2 aromatic heterocycles. The number of rotatable bonds is 8. The average molecular weight is 552 g/mol. The number of aliphatic imine (C=N–C) groups is 2. The molecule has 4 rings (SSSR count). The first-order valence-corrected chi connectivity index (χ1v) is 12.9. The molecule has 4 aromatic rings. The van der Waals surface area contributed by atoms with E-state index in [1.807, 2.05) is 68.4 Å². The Hall–Kier alpha value is -5.17. The summed E-state index contributed by atoms with van der Waals surface area (Å²) >= 11 is 0. The zero-order chi connectivity index (χ0) is 29.4. The van der Waals surface area contributed by atoms with Gasteiger partial charge in [0.15, 0.2) is 0 Å². The van der Waals surface area contributed by atoms with Crippen LogP contribution in [0.2, 0.25) is 0 Å². The molecule has 2 aromatic carbocycles. The number of hydrogen-bond donors (Lipinski definition) is 0. The SMILES string of the molecule is C=CC(=NC(C#CCN(c1cc(OC)cc(OC)c1)c1ccc2ncc(-c3cnn(C)c3)nc2c1)=NC)OC(C)C. The number of fused-ring (bicyclic) bond motifs is 1. The summed E-state index contributed by atoms with van der Waals surface area (Å²) in [6.45, 7) is 7.91. The van der Waals surface area contributed by atoms with Crippen LogP contribution in [-0.4, -0.2) is 65.4 Å². The molecule has 0 amide bonds. The molecular formula is C31H33N7O3. The van der Waals surface area contributed by atoms with Crippen LogP contribution in [0.1, 0.15) is 13.8 Å². The Kier molecular flexibility index (Phi) is 9.32. The summed E-state index contributed by atoms with van der Waals surface area (Å²) in [6.07, 6.45) is 6.91. The van der Waals surface area contributed by atoms with Gasteiger partial charge in [-0.25, -0.2) is 4.98 Å². The van der Waals surface area contributed by atoms with Crippen molar-refractivity contribution in [3.63, 3.8) is 0 Å². The number of aromatic nitrogens is 4. The maximum atomic E-state index is 5.66. The number of methoxy groups -OCH3 is 2. The van der Waals surface area contributed by atoms with Crippen LogP contribution in [-0.2, 0) is 11.8 Å². The summed E-state index contributed by atoms with van der Waals surface area (Å²) in [7, 11) is 6.74. The minimum absolute atomic E-state index is 0.0500. The quantitative estimate of drug-likeness (QED) is 0.168. The van der Waals surface area contributed by atoms with E-state index >= 15 is 0 Å². The molecule has 0 bridgehead atoms. The maximum absolute atomic E-state index is 5.66. The van der Waals surface area contributed by atoms with Gasteiger partial charge in [-0.05, 0) is 44.0 Å². The molecule has 2 heterocycles. The number of amidine groups is 1. The van der Waals surface area contributed by atoms with Crippen LogP contribution in [0, 0.1) is 11.8 Å². The second-order valence-electron chi connectivity index (χ2n) is 9.16.